The lowest BCUT2D eigenvalue weighted by Crippen LogP contribution is -2.43. The molecular weight excluding hydrogens is 397 g/mol. The number of hydrogen-bond acceptors (Lipinski definition) is 6. The third-order valence-corrected chi connectivity index (χ3v) is 5.16. The van der Waals surface area contributed by atoms with Gasteiger partial charge in [0.1, 0.15) is 5.01 Å². The Morgan fingerprint density at radius 2 is 2.00 bits per heavy atom. The van der Waals surface area contributed by atoms with Crippen LogP contribution < -0.4 is 20.1 Å². The van der Waals surface area contributed by atoms with Crippen molar-refractivity contribution in [2.75, 3.05) is 19.9 Å². The number of carbonyl (C=O) groups excluding carboxylic acids is 1. The summed E-state index contributed by atoms with van der Waals surface area (Å²) in [5.41, 5.74) is 1.79. The quantitative estimate of drug-likeness (QED) is 0.799. The van der Waals surface area contributed by atoms with Crippen molar-refractivity contribution in [1.29, 1.82) is 0 Å². The molecule has 2 N–H and O–H groups in total. The zero-order valence-corrected chi connectivity index (χ0v) is 16.5. The Morgan fingerprint density at radius 3 is 2.81 bits per heavy atom. The van der Waals surface area contributed by atoms with Crippen LogP contribution in [-0.4, -0.2) is 36.8 Å². The molecule has 142 valence electrons. The van der Waals surface area contributed by atoms with E-state index in [1.165, 1.54) is 11.3 Å². The van der Waals surface area contributed by atoms with E-state index in [-0.39, 0.29) is 43.6 Å². The van der Waals surface area contributed by atoms with Crippen molar-refractivity contribution in [3.05, 3.63) is 29.3 Å². The fourth-order valence-corrected chi connectivity index (χ4v) is 3.78. The second kappa shape index (κ2) is 9.41. The number of benzene rings is 1. The number of hydrogen-bond donors (Lipinski definition) is 2. The highest BCUT2D eigenvalue weighted by molar-refractivity contribution is 7.13. The van der Waals surface area contributed by atoms with E-state index in [9.17, 15) is 4.79 Å². The molecule has 2 aliphatic heterocycles. The number of ether oxygens (including phenoxy) is 2. The lowest BCUT2D eigenvalue weighted by atomic mass is 10.1. The van der Waals surface area contributed by atoms with Gasteiger partial charge in [0.15, 0.2) is 11.5 Å². The molecule has 0 unspecified atom stereocenters. The van der Waals surface area contributed by atoms with Gasteiger partial charge in [-0.15, -0.1) is 36.2 Å². The van der Waals surface area contributed by atoms with Gasteiger partial charge in [-0.25, -0.2) is 4.98 Å². The van der Waals surface area contributed by atoms with Gasteiger partial charge in [-0.1, -0.05) is 0 Å². The minimum atomic E-state index is 0. The van der Waals surface area contributed by atoms with Gasteiger partial charge in [0.05, 0.1) is 12.1 Å². The maximum Gasteiger partial charge on any atom is 0.231 e. The molecule has 6 nitrogen and oxygen atoms in total. The van der Waals surface area contributed by atoms with Crippen LogP contribution in [0.2, 0.25) is 0 Å². The van der Waals surface area contributed by atoms with Gasteiger partial charge < -0.3 is 20.1 Å². The first-order chi connectivity index (χ1) is 11.8. The molecule has 1 aromatic heterocycles. The van der Waals surface area contributed by atoms with Crippen LogP contribution in [0.3, 0.4) is 0 Å². The Hall–Kier alpha value is -1.54. The van der Waals surface area contributed by atoms with Gasteiger partial charge >= 0.3 is 0 Å². The average molecular weight is 418 g/mol. The maximum atomic E-state index is 12.2. The molecule has 0 radical (unpaired) electrons. The van der Waals surface area contributed by atoms with Gasteiger partial charge in [0.25, 0.3) is 0 Å². The molecule has 1 aromatic carbocycles. The number of amides is 1. The number of halogens is 2. The number of thiazole rings is 1. The summed E-state index contributed by atoms with van der Waals surface area (Å²) in [6.07, 6.45) is 2.31. The zero-order chi connectivity index (χ0) is 16.4. The van der Waals surface area contributed by atoms with E-state index < -0.39 is 0 Å². The highest BCUT2D eigenvalue weighted by Crippen LogP contribution is 2.36. The highest BCUT2D eigenvalue weighted by atomic mass is 35.5. The number of nitrogens with one attached hydrogen (secondary N) is 2. The van der Waals surface area contributed by atoms with Gasteiger partial charge in [-0.2, -0.15) is 0 Å². The molecule has 1 amide bonds. The molecule has 0 spiro atoms. The molecule has 9 heteroatoms. The van der Waals surface area contributed by atoms with Crippen LogP contribution in [0.1, 0.15) is 18.5 Å². The minimum Gasteiger partial charge on any atom is -0.454 e. The molecule has 0 bridgehead atoms. The van der Waals surface area contributed by atoms with E-state index >= 15 is 0 Å². The van der Waals surface area contributed by atoms with Crippen molar-refractivity contribution in [3.8, 4) is 22.1 Å². The van der Waals surface area contributed by atoms with E-state index in [4.69, 9.17) is 9.47 Å². The second-order valence-corrected chi connectivity index (χ2v) is 6.84. The van der Waals surface area contributed by atoms with Crippen LogP contribution in [0.15, 0.2) is 23.6 Å². The Bertz CT molecular complexity index is 751. The topological polar surface area (TPSA) is 72.5 Å². The maximum absolute atomic E-state index is 12.2. The third-order valence-electron chi connectivity index (χ3n) is 4.22. The van der Waals surface area contributed by atoms with Crippen LogP contribution in [0.5, 0.6) is 11.5 Å². The molecular formula is C17H21Cl2N3O3S. The molecule has 4 rings (SSSR count). The molecule has 2 aliphatic rings. The van der Waals surface area contributed by atoms with Crippen LogP contribution in [0, 0.1) is 0 Å². The van der Waals surface area contributed by atoms with E-state index in [0.29, 0.717) is 6.42 Å². The van der Waals surface area contributed by atoms with Crippen molar-refractivity contribution in [1.82, 2.24) is 15.6 Å². The minimum absolute atomic E-state index is 0. The number of nitrogens with zero attached hydrogens (tertiary/aromatic N) is 1. The van der Waals surface area contributed by atoms with Crippen molar-refractivity contribution in [3.63, 3.8) is 0 Å². The monoisotopic (exact) mass is 417 g/mol. The molecule has 3 heterocycles. The van der Waals surface area contributed by atoms with E-state index in [1.54, 1.807) is 0 Å². The fourth-order valence-electron chi connectivity index (χ4n) is 2.96. The number of rotatable bonds is 4. The van der Waals surface area contributed by atoms with Crippen molar-refractivity contribution in [2.45, 2.75) is 25.3 Å². The summed E-state index contributed by atoms with van der Waals surface area (Å²) in [5.74, 6) is 1.55. The zero-order valence-electron chi connectivity index (χ0n) is 14.0. The first kappa shape index (κ1) is 20.8. The lowest BCUT2D eigenvalue weighted by molar-refractivity contribution is -0.121. The summed E-state index contributed by atoms with van der Waals surface area (Å²) in [7, 11) is 0. The summed E-state index contributed by atoms with van der Waals surface area (Å²) in [6.45, 7) is 2.20. The summed E-state index contributed by atoms with van der Waals surface area (Å²) < 4.78 is 10.7. The molecule has 0 saturated carbocycles. The molecule has 0 atom stereocenters. The van der Waals surface area contributed by atoms with Crippen LogP contribution >= 0.6 is 36.2 Å². The normalized spacial score (nSPS) is 15.7. The molecule has 26 heavy (non-hydrogen) atoms. The predicted molar refractivity (Wildman–Crippen MR) is 106 cm³/mol. The van der Waals surface area contributed by atoms with E-state index in [1.807, 2.05) is 23.6 Å². The Balaban J connectivity index is 0.00000121. The SMILES string of the molecule is Cl.Cl.O=C(Cc1csc(-c2ccc3c(c2)OCO3)n1)NC1CCNCC1. The van der Waals surface area contributed by atoms with Crippen LogP contribution in [0.25, 0.3) is 10.6 Å². The largest absolute Gasteiger partial charge is 0.454 e. The smallest absolute Gasteiger partial charge is 0.231 e. The number of fused-ring (bicyclic) bond motifs is 1. The number of piperidine rings is 1. The van der Waals surface area contributed by atoms with Crippen molar-refractivity contribution >= 4 is 42.1 Å². The summed E-state index contributed by atoms with van der Waals surface area (Å²) >= 11 is 1.54. The van der Waals surface area contributed by atoms with Gasteiger partial charge in [0, 0.05) is 17.0 Å². The van der Waals surface area contributed by atoms with Gasteiger partial charge in [-0.3, -0.25) is 4.79 Å². The summed E-state index contributed by atoms with van der Waals surface area (Å²) in [4.78, 5) is 16.8. The molecule has 1 fully saturated rings. The van der Waals surface area contributed by atoms with Crippen LogP contribution in [0.4, 0.5) is 0 Å². The fraction of sp³-hybridized carbons (Fsp3) is 0.412. The standard InChI is InChI=1S/C17H19N3O3S.2ClH/c21-16(19-12-3-5-18-6-4-12)8-13-9-24-17(20-13)11-1-2-14-15(7-11)23-10-22-14;;/h1-2,7,9,12,18H,3-6,8,10H2,(H,19,21);2*1H. The number of carbonyl (C=O) groups is 1. The van der Waals surface area contributed by atoms with Crippen molar-refractivity contribution in [2.24, 2.45) is 0 Å². The van der Waals surface area contributed by atoms with E-state index in [0.717, 1.165) is 53.7 Å². The Morgan fingerprint density at radius 1 is 1.23 bits per heavy atom. The first-order valence-electron chi connectivity index (χ1n) is 8.12. The van der Waals surface area contributed by atoms with Crippen LogP contribution in [-0.2, 0) is 11.2 Å². The lowest BCUT2D eigenvalue weighted by Gasteiger charge is -2.23. The van der Waals surface area contributed by atoms with Crippen molar-refractivity contribution < 1.29 is 14.3 Å². The third kappa shape index (κ3) is 4.79. The first-order valence-corrected chi connectivity index (χ1v) is 9.00. The highest BCUT2D eigenvalue weighted by Gasteiger charge is 2.18. The van der Waals surface area contributed by atoms with E-state index in [2.05, 4.69) is 15.6 Å². The molecule has 2 aromatic rings. The molecule has 1 saturated heterocycles. The average Bonchev–Trinajstić information content (AvgIpc) is 3.24. The number of aromatic nitrogens is 1. The Kier molecular flexibility index (Phi) is 7.52. The Labute approximate surface area is 168 Å². The summed E-state index contributed by atoms with van der Waals surface area (Å²) in [5, 5.41) is 9.23. The van der Waals surface area contributed by atoms with Gasteiger partial charge in [-0.05, 0) is 44.1 Å². The molecule has 0 aliphatic carbocycles. The second-order valence-electron chi connectivity index (χ2n) is 5.98. The van der Waals surface area contributed by atoms with Gasteiger partial charge in [0.2, 0.25) is 12.7 Å². The summed E-state index contributed by atoms with van der Waals surface area (Å²) in [6, 6.07) is 6.07. The predicted octanol–water partition coefficient (Wildman–Crippen LogP) is 2.79.